The van der Waals surface area contributed by atoms with Gasteiger partial charge in [0.2, 0.25) is 0 Å². The molecule has 0 spiro atoms. The van der Waals surface area contributed by atoms with E-state index in [4.69, 9.17) is 4.74 Å². The van der Waals surface area contributed by atoms with Crippen molar-refractivity contribution in [2.24, 2.45) is 0 Å². The van der Waals surface area contributed by atoms with Crippen LogP contribution in [0.4, 0.5) is 0 Å². The van der Waals surface area contributed by atoms with E-state index in [-0.39, 0.29) is 0 Å². The van der Waals surface area contributed by atoms with Gasteiger partial charge in [-0.1, -0.05) is 54.6 Å². The highest BCUT2D eigenvalue weighted by atomic mass is 16.5. The topological polar surface area (TPSA) is 12.5 Å². The second-order valence-corrected chi connectivity index (χ2v) is 6.17. The minimum absolute atomic E-state index is 0.533. The molecule has 1 atom stereocenters. The maximum atomic E-state index is 5.26. The van der Waals surface area contributed by atoms with Gasteiger partial charge in [-0.15, -0.1) is 0 Å². The highest BCUT2D eigenvalue weighted by Crippen LogP contribution is 2.22. The first-order valence-corrected chi connectivity index (χ1v) is 8.43. The third kappa shape index (κ3) is 4.46. The molecule has 1 aliphatic carbocycles. The lowest BCUT2D eigenvalue weighted by Crippen LogP contribution is -2.33. The van der Waals surface area contributed by atoms with E-state index in [2.05, 4.69) is 59.5 Å². The summed E-state index contributed by atoms with van der Waals surface area (Å²) in [7, 11) is 1.71. The van der Waals surface area contributed by atoms with Gasteiger partial charge in [0.1, 0.15) is 5.75 Å². The van der Waals surface area contributed by atoms with Crippen molar-refractivity contribution in [3.8, 4) is 5.75 Å². The molecule has 23 heavy (non-hydrogen) atoms. The van der Waals surface area contributed by atoms with E-state index in [9.17, 15) is 0 Å². The number of ether oxygens (including phenoxy) is 1. The zero-order valence-electron chi connectivity index (χ0n) is 13.8. The largest absolute Gasteiger partial charge is 0.497 e. The van der Waals surface area contributed by atoms with Crippen LogP contribution in [0.25, 0.3) is 0 Å². The van der Waals surface area contributed by atoms with Crippen molar-refractivity contribution in [3.05, 3.63) is 77.9 Å². The molecule has 0 saturated heterocycles. The lowest BCUT2D eigenvalue weighted by molar-refractivity contribution is 0.196. The third-order valence-corrected chi connectivity index (χ3v) is 4.47. The predicted octanol–water partition coefficient (Wildman–Crippen LogP) is 4.81. The third-order valence-electron chi connectivity index (χ3n) is 4.47. The van der Waals surface area contributed by atoms with E-state index in [0.29, 0.717) is 6.04 Å². The Labute approximate surface area is 139 Å². The highest BCUT2D eigenvalue weighted by molar-refractivity contribution is 5.27. The first-order valence-electron chi connectivity index (χ1n) is 8.43. The number of nitrogens with zero attached hydrogens (tertiary/aromatic N) is 1. The summed E-state index contributed by atoms with van der Waals surface area (Å²) in [5.41, 5.74) is 2.71. The summed E-state index contributed by atoms with van der Waals surface area (Å²) < 4.78 is 5.26. The van der Waals surface area contributed by atoms with Gasteiger partial charge >= 0.3 is 0 Å². The van der Waals surface area contributed by atoms with Crippen LogP contribution in [-0.2, 0) is 13.1 Å². The van der Waals surface area contributed by atoms with Crippen molar-refractivity contribution in [1.82, 2.24) is 4.90 Å². The van der Waals surface area contributed by atoms with E-state index >= 15 is 0 Å². The van der Waals surface area contributed by atoms with Crippen LogP contribution in [0, 0.1) is 0 Å². The molecule has 0 bridgehead atoms. The van der Waals surface area contributed by atoms with Gasteiger partial charge in [0.15, 0.2) is 0 Å². The second-order valence-electron chi connectivity index (χ2n) is 6.17. The Morgan fingerprint density at radius 2 is 1.65 bits per heavy atom. The second kappa shape index (κ2) is 7.98. The monoisotopic (exact) mass is 307 g/mol. The molecule has 3 rings (SSSR count). The standard InChI is InChI=1S/C21H25NO/c1-23-21-14-12-19(13-15-21)17-22(20-10-6-3-7-11-20)16-18-8-4-2-5-9-18/h2,4-6,8-10,12-15,20H,3,7,11,16-17H2,1H3/t20-/m1/s1. The summed E-state index contributed by atoms with van der Waals surface area (Å²) in [6.45, 7) is 1.95. The fraction of sp³-hybridized carbons (Fsp3) is 0.333. The molecule has 0 heterocycles. The minimum atomic E-state index is 0.533. The normalized spacial score (nSPS) is 17.4. The number of allylic oxidation sites excluding steroid dienone is 1. The summed E-state index contributed by atoms with van der Waals surface area (Å²) in [5, 5.41) is 0. The first-order chi connectivity index (χ1) is 11.3. The molecule has 2 heteroatoms. The lowest BCUT2D eigenvalue weighted by Gasteiger charge is -2.31. The van der Waals surface area contributed by atoms with Gasteiger partial charge < -0.3 is 4.74 Å². The summed E-state index contributed by atoms with van der Waals surface area (Å²) in [6.07, 6.45) is 8.48. The molecule has 2 aromatic carbocycles. The van der Waals surface area contributed by atoms with Gasteiger partial charge in [0.25, 0.3) is 0 Å². The van der Waals surface area contributed by atoms with Crippen LogP contribution in [0.15, 0.2) is 66.7 Å². The van der Waals surface area contributed by atoms with Crippen molar-refractivity contribution in [2.45, 2.75) is 38.4 Å². The van der Waals surface area contributed by atoms with Crippen LogP contribution in [0.1, 0.15) is 30.4 Å². The van der Waals surface area contributed by atoms with Crippen molar-refractivity contribution >= 4 is 0 Å². The molecule has 0 amide bonds. The zero-order valence-corrected chi connectivity index (χ0v) is 13.8. The Kier molecular flexibility index (Phi) is 5.49. The molecule has 2 aromatic rings. The Morgan fingerprint density at radius 1 is 0.957 bits per heavy atom. The van der Waals surface area contributed by atoms with Crippen LogP contribution in [0.2, 0.25) is 0 Å². The van der Waals surface area contributed by atoms with E-state index < -0.39 is 0 Å². The molecule has 120 valence electrons. The Hall–Kier alpha value is -2.06. The highest BCUT2D eigenvalue weighted by Gasteiger charge is 2.18. The van der Waals surface area contributed by atoms with Crippen LogP contribution in [0.5, 0.6) is 5.75 Å². The summed E-state index contributed by atoms with van der Waals surface area (Å²) in [6, 6.07) is 19.7. The molecule has 0 fully saturated rings. The average Bonchev–Trinajstić information content (AvgIpc) is 2.63. The first kappa shape index (κ1) is 15.8. The fourth-order valence-electron chi connectivity index (χ4n) is 3.17. The maximum absolute atomic E-state index is 5.26. The van der Waals surface area contributed by atoms with Gasteiger partial charge in [0, 0.05) is 19.1 Å². The fourth-order valence-corrected chi connectivity index (χ4v) is 3.17. The molecule has 0 N–H and O–H groups in total. The number of rotatable bonds is 6. The smallest absolute Gasteiger partial charge is 0.118 e. The van der Waals surface area contributed by atoms with Crippen molar-refractivity contribution in [1.29, 1.82) is 0 Å². The van der Waals surface area contributed by atoms with Gasteiger partial charge in [0.05, 0.1) is 7.11 Å². The molecule has 2 nitrogen and oxygen atoms in total. The number of benzene rings is 2. The molecular weight excluding hydrogens is 282 g/mol. The quantitative estimate of drug-likeness (QED) is 0.710. The predicted molar refractivity (Wildman–Crippen MR) is 95.5 cm³/mol. The average molecular weight is 307 g/mol. The molecule has 0 aliphatic heterocycles. The molecular formula is C21H25NO. The van der Waals surface area contributed by atoms with Crippen LogP contribution in [0.3, 0.4) is 0 Å². The molecule has 1 aliphatic rings. The van der Waals surface area contributed by atoms with Gasteiger partial charge in [-0.05, 0) is 42.5 Å². The van der Waals surface area contributed by atoms with Gasteiger partial charge in [-0.25, -0.2) is 0 Å². The number of hydrogen-bond donors (Lipinski definition) is 0. The van der Waals surface area contributed by atoms with Gasteiger partial charge in [-0.2, -0.15) is 0 Å². The summed E-state index contributed by atoms with van der Waals surface area (Å²) in [4.78, 5) is 2.58. The Bertz CT molecular complexity index is 618. The number of methoxy groups -OCH3 is 1. The minimum Gasteiger partial charge on any atom is -0.497 e. The lowest BCUT2D eigenvalue weighted by atomic mass is 10.00. The van der Waals surface area contributed by atoms with Crippen molar-refractivity contribution < 1.29 is 4.74 Å². The van der Waals surface area contributed by atoms with Crippen molar-refractivity contribution in [3.63, 3.8) is 0 Å². The molecule has 0 unspecified atom stereocenters. The maximum Gasteiger partial charge on any atom is 0.118 e. The molecule has 0 radical (unpaired) electrons. The van der Waals surface area contributed by atoms with E-state index in [1.807, 2.05) is 12.1 Å². The van der Waals surface area contributed by atoms with E-state index in [1.165, 1.54) is 30.4 Å². The molecule has 0 saturated carbocycles. The van der Waals surface area contributed by atoms with Crippen molar-refractivity contribution in [2.75, 3.05) is 7.11 Å². The summed E-state index contributed by atoms with van der Waals surface area (Å²) in [5.74, 6) is 0.918. The van der Waals surface area contributed by atoms with Gasteiger partial charge in [-0.3, -0.25) is 4.90 Å². The van der Waals surface area contributed by atoms with Crippen LogP contribution in [-0.4, -0.2) is 18.1 Å². The Morgan fingerprint density at radius 3 is 2.26 bits per heavy atom. The van der Waals surface area contributed by atoms with Crippen LogP contribution < -0.4 is 4.74 Å². The summed E-state index contributed by atoms with van der Waals surface area (Å²) >= 11 is 0. The Balaban J connectivity index is 1.76. The zero-order chi connectivity index (χ0) is 15.9. The van der Waals surface area contributed by atoms with E-state index in [1.54, 1.807) is 7.11 Å². The van der Waals surface area contributed by atoms with Crippen LogP contribution >= 0.6 is 0 Å². The SMILES string of the molecule is COc1ccc(CN(Cc2ccccc2)[C@@H]2C=CCCC2)cc1. The number of hydrogen-bond acceptors (Lipinski definition) is 2. The molecule has 0 aromatic heterocycles. The van der Waals surface area contributed by atoms with E-state index in [0.717, 1.165) is 18.8 Å².